The minimum Gasteiger partial charge on any atom is -0.507 e. The predicted molar refractivity (Wildman–Crippen MR) is 83.0 cm³/mol. The van der Waals surface area contributed by atoms with Gasteiger partial charge >= 0.3 is 0 Å². The summed E-state index contributed by atoms with van der Waals surface area (Å²) in [6.45, 7) is 4.80. The van der Waals surface area contributed by atoms with Crippen LogP contribution in [0.1, 0.15) is 35.7 Å². The summed E-state index contributed by atoms with van der Waals surface area (Å²) in [6.07, 6.45) is 2.18. The van der Waals surface area contributed by atoms with Gasteiger partial charge in [-0.15, -0.1) is 0 Å². The van der Waals surface area contributed by atoms with E-state index in [9.17, 15) is 9.90 Å². The molecule has 0 aromatic heterocycles. The number of ketones is 1. The van der Waals surface area contributed by atoms with Gasteiger partial charge in [-0.05, 0) is 50.9 Å². The summed E-state index contributed by atoms with van der Waals surface area (Å²) in [7, 11) is 1.74. The molecule has 0 radical (unpaired) electrons. The molecule has 21 heavy (non-hydrogen) atoms. The second-order valence-electron chi connectivity index (χ2n) is 5.69. The fraction of sp³-hybridized carbons (Fsp3) is 0.562. The molecule has 0 bridgehead atoms. The summed E-state index contributed by atoms with van der Waals surface area (Å²) in [5, 5.41) is 10.7. The first kappa shape index (κ1) is 16.3. The molecule has 0 saturated carbocycles. The Hall–Kier alpha value is -1.10. The lowest BCUT2D eigenvalue weighted by molar-refractivity contribution is 0.0962. The zero-order valence-electron chi connectivity index (χ0n) is 12.6. The smallest absolute Gasteiger partial charge is 0.163 e. The zero-order valence-corrected chi connectivity index (χ0v) is 13.3. The molecule has 1 N–H and O–H groups in total. The van der Waals surface area contributed by atoms with Gasteiger partial charge in [0.15, 0.2) is 5.78 Å². The van der Waals surface area contributed by atoms with Gasteiger partial charge in [0, 0.05) is 30.8 Å². The average molecular weight is 312 g/mol. The third kappa shape index (κ3) is 4.19. The number of likely N-dealkylation sites (tertiary alicyclic amines) is 1. The number of phenols is 1. The van der Waals surface area contributed by atoms with E-state index in [0.29, 0.717) is 23.0 Å². The number of nitrogens with zero attached hydrogens (tertiary/aromatic N) is 1. The Morgan fingerprint density at radius 3 is 2.67 bits per heavy atom. The Labute approximate surface area is 130 Å². The van der Waals surface area contributed by atoms with Crippen molar-refractivity contribution in [2.24, 2.45) is 5.92 Å². The molecule has 0 amide bonds. The van der Waals surface area contributed by atoms with E-state index < -0.39 is 0 Å². The first-order valence-electron chi connectivity index (χ1n) is 7.25. The van der Waals surface area contributed by atoms with Crippen molar-refractivity contribution >= 4 is 17.4 Å². The number of ether oxygens (including phenoxy) is 1. The van der Waals surface area contributed by atoms with Crippen molar-refractivity contribution in [3.05, 3.63) is 28.3 Å². The second kappa shape index (κ2) is 7.25. The molecule has 2 rings (SSSR count). The van der Waals surface area contributed by atoms with Gasteiger partial charge in [-0.25, -0.2) is 0 Å². The number of phenolic OH excluding ortho intramolecular Hbond substituents is 1. The summed E-state index contributed by atoms with van der Waals surface area (Å²) < 4.78 is 5.20. The van der Waals surface area contributed by atoms with Gasteiger partial charge in [-0.1, -0.05) is 11.6 Å². The first-order valence-corrected chi connectivity index (χ1v) is 7.62. The predicted octanol–water partition coefficient (Wildman–Crippen LogP) is 3.11. The number of piperidine rings is 1. The van der Waals surface area contributed by atoms with Gasteiger partial charge in [0.05, 0.1) is 5.56 Å². The number of aromatic hydroxyl groups is 1. The van der Waals surface area contributed by atoms with Gasteiger partial charge in [0.1, 0.15) is 5.75 Å². The first-order chi connectivity index (χ1) is 10.0. The number of methoxy groups -OCH3 is 1. The van der Waals surface area contributed by atoms with Gasteiger partial charge in [-0.2, -0.15) is 0 Å². The number of carbonyl (C=O) groups excluding carboxylic acids is 1. The molecule has 1 fully saturated rings. The Morgan fingerprint density at radius 1 is 1.43 bits per heavy atom. The highest BCUT2D eigenvalue weighted by molar-refractivity contribution is 6.31. The topological polar surface area (TPSA) is 49.8 Å². The minimum absolute atomic E-state index is 0.0610. The van der Waals surface area contributed by atoms with Crippen molar-refractivity contribution in [1.82, 2.24) is 4.90 Å². The maximum absolute atomic E-state index is 11.5. The molecule has 1 aliphatic heterocycles. The van der Waals surface area contributed by atoms with Gasteiger partial charge in [0.2, 0.25) is 0 Å². The molecule has 116 valence electrons. The van der Waals surface area contributed by atoms with Crippen LogP contribution in [0.4, 0.5) is 0 Å². The lowest BCUT2D eigenvalue weighted by Gasteiger charge is -2.31. The average Bonchev–Trinajstić information content (AvgIpc) is 2.44. The molecule has 1 aliphatic rings. The third-order valence-corrected chi connectivity index (χ3v) is 4.25. The number of hydrogen-bond acceptors (Lipinski definition) is 4. The number of rotatable bonds is 5. The summed E-state index contributed by atoms with van der Waals surface area (Å²) in [4.78, 5) is 13.8. The van der Waals surface area contributed by atoms with Crippen LogP contribution in [0.5, 0.6) is 5.75 Å². The maximum atomic E-state index is 11.5. The highest BCUT2D eigenvalue weighted by atomic mass is 35.5. The van der Waals surface area contributed by atoms with E-state index >= 15 is 0 Å². The molecule has 0 atom stereocenters. The van der Waals surface area contributed by atoms with Crippen LogP contribution in [0.2, 0.25) is 5.02 Å². The number of hydrogen-bond donors (Lipinski definition) is 1. The third-order valence-electron chi connectivity index (χ3n) is 4.04. The maximum Gasteiger partial charge on any atom is 0.163 e. The van der Waals surface area contributed by atoms with Crippen LogP contribution in [0, 0.1) is 5.92 Å². The van der Waals surface area contributed by atoms with Crippen LogP contribution in [0.25, 0.3) is 0 Å². The molecule has 4 nitrogen and oxygen atoms in total. The van der Waals surface area contributed by atoms with Crippen LogP contribution < -0.4 is 0 Å². The Bertz CT molecular complexity index is 510. The van der Waals surface area contributed by atoms with Crippen LogP contribution in [0.3, 0.4) is 0 Å². The van der Waals surface area contributed by atoms with Gasteiger partial charge in [0.25, 0.3) is 0 Å². The largest absolute Gasteiger partial charge is 0.507 e. The number of benzene rings is 1. The van der Waals surface area contributed by atoms with Crippen LogP contribution in [-0.2, 0) is 11.3 Å². The highest BCUT2D eigenvalue weighted by Crippen LogP contribution is 2.30. The van der Waals surface area contributed by atoms with E-state index in [1.54, 1.807) is 13.2 Å². The van der Waals surface area contributed by atoms with Crippen molar-refractivity contribution in [2.45, 2.75) is 26.3 Å². The zero-order chi connectivity index (χ0) is 15.4. The molecule has 0 spiro atoms. The SMILES string of the molecule is COCC1CCN(Cc2cc(Cl)cc(C(C)=O)c2O)CC1. The number of halogens is 1. The summed E-state index contributed by atoms with van der Waals surface area (Å²) >= 11 is 6.05. The van der Waals surface area contributed by atoms with E-state index in [1.807, 2.05) is 0 Å². The van der Waals surface area contributed by atoms with Crippen LogP contribution >= 0.6 is 11.6 Å². The van der Waals surface area contributed by atoms with Gasteiger partial charge < -0.3 is 9.84 Å². The van der Waals surface area contributed by atoms with Crippen LogP contribution in [0.15, 0.2) is 12.1 Å². The lowest BCUT2D eigenvalue weighted by atomic mass is 9.97. The number of carbonyl (C=O) groups is 1. The lowest BCUT2D eigenvalue weighted by Crippen LogP contribution is -2.34. The van der Waals surface area contributed by atoms with Gasteiger partial charge in [-0.3, -0.25) is 9.69 Å². The van der Waals surface area contributed by atoms with E-state index in [4.69, 9.17) is 16.3 Å². The molecule has 0 aliphatic carbocycles. The monoisotopic (exact) mass is 311 g/mol. The van der Waals surface area contributed by atoms with Crippen LogP contribution in [-0.4, -0.2) is 42.6 Å². The Kier molecular flexibility index (Phi) is 5.62. The van der Waals surface area contributed by atoms with Crippen molar-refractivity contribution < 1.29 is 14.6 Å². The molecule has 1 aromatic carbocycles. The molecule has 5 heteroatoms. The van der Waals surface area contributed by atoms with E-state index in [2.05, 4.69) is 4.90 Å². The quantitative estimate of drug-likeness (QED) is 0.849. The van der Waals surface area contributed by atoms with Crippen molar-refractivity contribution in [3.63, 3.8) is 0 Å². The summed E-state index contributed by atoms with van der Waals surface area (Å²) in [5.41, 5.74) is 1.02. The molecule has 1 saturated heterocycles. The van der Waals surface area contributed by atoms with E-state index in [-0.39, 0.29) is 11.5 Å². The second-order valence-corrected chi connectivity index (χ2v) is 6.13. The standard InChI is InChI=1S/C16H22ClNO3/c1-11(19)15-8-14(17)7-13(16(15)20)9-18-5-3-12(4-6-18)10-21-2/h7-8,12,20H,3-6,9-10H2,1-2H3. The molecular weight excluding hydrogens is 290 g/mol. The molecule has 1 aromatic rings. The molecule has 1 heterocycles. The minimum atomic E-state index is -0.171. The fourth-order valence-electron chi connectivity index (χ4n) is 2.83. The number of Topliss-reactive ketones (excluding diaryl/α,β-unsaturated/α-hetero) is 1. The van der Waals surface area contributed by atoms with Crippen molar-refractivity contribution in [2.75, 3.05) is 26.8 Å². The summed E-state index contributed by atoms with van der Waals surface area (Å²) in [6, 6.07) is 3.26. The fourth-order valence-corrected chi connectivity index (χ4v) is 3.07. The highest BCUT2D eigenvalue weighted by Gasteiger charge is 2.21. The van der Waals surface area contributed by atoms with E-state index in [1.165, 1.54) is 13.0 Å². The normalized spacial score (nSPS) is 17.1. The molecular formula is C16H22ClNO3. The Balaban J connectivity index is 2.05. The van der Waals surface area contributed by atoms with E-state index in [0.717, 1.165) is 38.1 Å². The van der Waals surface area contributed by atoms with Crippen molar-refractivity contribution in [1.29, 1.82) is 0 Å². The van der Waals surface area contributed by atoms with Crippen molar-refractivity contribution in [3.8, 4) is 5.75 Å². The Morgan fingerprint density at radius 2 is 2.10 bits per heavy atom. The summed E-state index contributed by atoms with van der Waals surface area (Å²) in [5.74, 6) is 0.507. The molecule has 0 unspecified atom stereocenters.